The molecule has 1 fully saturated rings. The molecule has 0 unspecified atom stereocenters. The van der Waals surface area contributed by atoms with Gasteiger partial charge in [0.1, 0.15) is 0 Å². The fraction of sp³-hybridized carbons (Fsp3) is 0.588. The SMILES string of the molecule is CN(CC(=O)NCC(C)(C)N1CCOCC1)c1ccccc1. The lowest BCUT2D eigenvalue weighted by Crippen LogP contribution is -2.56. The number of amides is 1. The fourth-order valence-electron chi connectivity index (χ4n) is 2.64. The van der Waals surface area contributed by atoms with Crippen LogP contribution in [0, 0.1) is 0 Å². The van der Waals surface area contributed by atoms with Gasteiger partial charge in [0.15, 0.2) is 0 Å². The highest BCUT2D eigenvalue weighted by molar-refractivity contribution is 5.81. The summed E-state index contributed by atoms with van der Waals surface area (Å²) in [6.07, 6.45) is 0. The van der Waals surface area contributed by atoms with E-state index in [0.29, 0.717) is 13.1 Å². The number of ether oxygens (including phenoxy) is 1. The van der Waals surface area contributed by atoms with Crippen LogP contribution < -0.4 is 10.2 Å². The van der Waals surface area contributed by atoms with Crippen LogP contribution in [-0.4, -0.2) is 62.8 Å². The molecular weight excluding hydrogens is 278 g/mol. The zero-order valence-electron chi connectivity index (χ0n) is 13.8. The van der Waals surface area contributed by atoms with Crippen molar-refractivity contribution in [1.29, 1.82) is 0 Å². The molecule has 0 atom stereocenters. The summed E-state index contributed by atoms with van der Waals surface area (Å²) in [6.45, 7) is 8.73. The second-order valence-corrected chi connectivity index (χ2v) is 6.38. The number of likely N-dealkylation sites (N-methyl/N-ethyl adjacent to an activating group) is 1. The third kappa shape index (κ3) is 4.71. The van der Waals surface area contributed by atoms with Crippen LogP contribution in [0.5, 0.6) is 0 Å². The lowest BCUT2D eigenvalue weighted by molar-refractivity contribution is -0.120. The molecule has 0 spiro atoms. The van der Waals surface area contributed by atoms with E-state index in [2.05, 4.69) is 24.1 Å². The maximum atomic E-state index is 12.2. The van der Waals surface area contributed by atoms with Gasteiger partial charge in [0.2, 0.25) is 5.91 Å². The van der Waals surface area contributed by atoms with Gasteiger partial charge < -0.3 is 15.0 Å². The Hall–Kier alpha value is -1.59. The zero-order valence-corrected chi connectivity index (χ0v) is 13.8. The number of hydrogen-bond acceptors (Lipinski definition) is 4. The van der Waals surface area contributed by atoms with E-state index >= 15 is 0 Å². The minimum Gasteiger partial charge on any atom is -0.379 e. The molecule has 22 heavy (non-hydrogen) atoms. The van der Waals surface area contributed by atoms with Gasteiger partial charge in [-0.15, -0.1) is 0 Å². The minimum atomic E-state index is -0.0508. The summed E-state index contributed by atoms with van der Waals surface area (Å²) in [4.78, 5) is 16.5. The summed E-state index contributed by atoms with van der Waals surface area (Å²) in [5, 5.41) is 3.06. The molecule has 0 aliphatic carbocycles. The quantitative estimate of drug-likeness (QED) is 0.862. The van der Waals surface area contributed by atoms with Crippen molar-refractivity contribution < 1.29 is 9.53 Å². The average Bonchev–Trinajstić information content (AvgIpc) is 2.55. The molecule has 5 nitrogen and oxygen atoms in total. The number of morpholine rings is 1. The highest BCUT2D eigenvalue weighted by Crippen LogP contribution is 2.15. The Morgan fingerprint density at radius 1 is 1.27 bits per heavy atom. The van der Waals surface area contributed by atoms with Gasteiger partial charge in [-0.3, -0.25) is 9.69 Å². The van der Waals surface area contributed by atoms with Gasteiger partial charge in [-0.25, -0.2) is 0 Å². The van der Waals surface area contributed by atoms with Gasteiger partial charge in [-0.2, -0.15) is 0 Å². The molecule has 1 aromatic rings. The highest BCUT2D eigenvalue weighted by atomic mass is 16.5. The van der Waals surface area contributed by atoms with E-state index in [0.717, 1.165) is 32.0 Å². The first-order valence-corrected chi connectivity index (χ1v) is 7.85. The molecule has 1 saturated heterocycles. The maximum Gasteiger partial charge on any atom is 0.239 e. The van der Waals surface area contributed by atoms with Crippen molar-refractivity contribution in [2.45, 2.75) is 19.4 Å². The van der Waals surface area contributed by atoms with E-state index in [1.54, 1.807) is 0 Å². The Kier molecular flexibility index (Phi) is 5.80. The minimum absolute atomic E-state index is 0.0488. The van der Waals surface area contributed by atoms with E-state index < -0.39 is 0 Å². The second kappa shape index (κ2) is 7.61. The van der Waals surface area contributed by atoms with Crippen LogP contribution in [0.4, 0.5) is 5.69 Å². The normalized spacial score (nSPS) is 16.3. The molecule has 0 bridgehead atoms. The third-order valence-corrected chi connectivity index (χ3v) is 4.16. The number of carbonyl (C=O) groups is 1. The summed E-state index contributed by atoms with van der Waals surface area (Å²) < 4.78 is 5.39. The lowest BCUT2D eigenvalue weighted by Gasteiger charge is -2.41. The fourth-order valence-corrected chi connectivity index (χ4v) is 2.64. The standard InChI is InChI=1S/C17H27N3O2/c1-17(2,20-9-11-22-12-10-20)14-18-16(21)13-19(3)15-7-5-4-6-8-15/h4-8H,9-14H2,1-3H3,(H,18,21). The second-order valence-electron chi connectivity index (χ2n) is 6.38. The summed E-state index contributed by atoms with van der Waals surface area (Å²) in [5.74, 6) is 0.0488. The van der Waals surface area contributed by atoms with Crippen LogP contribution in [0.1, 0.15) is 13.8 Å². The Balaban J connectivity index is 1.79. The van der Waals surface area contributed by atoms with Crippen molar-refractivity contribution in [3.63, 3.8) is 0 Å². The number of anilines is 1. The highest BCUT2D eigenvalue weighted by Gasteiger charge is 2.28. The number of carbonyl (C=O) groups excluding carboxylic acids is 1. The number of nitrogens with one attached hydrogen (secondary N) is 1. The van der Waals surface area contributed by atoms with Crippen LogP contribution in [0.15, 0.2) is 30.3 Å². The van der Waals surface area contributed by atoms with Gasteiger partial charge in [0.05, 0.1) is 19.8 Å². The van der Waals surface area contributed by atoms with Gasteiger partial charge in [0.25, 0.3) is 0 Å². The van der Waals surface area contributed by atoms with Crippen molar-refractivity contribution in [3.8, 4) is 0 Å². The molecule has 0 saturated carbocycles. The van der Waals surface area contributed by atoms with Crippen LogP contribution in [0.2, 0.25) is 0 Å². The van der Waals surface area contributed by atoms with Gasteiger partial charge in [0, 0.05) is 37.9 Å². The first kappa shape index (κ1) is 16.8. The average molecular weight is 305 g/mol. The van der Waals surface area contributed by atoms with E-state index in [4.69, 9.17) is 4.74 Å². The maximum absolute atomic E-state index is 12.2. The molecule has 1 aliphatic rings. The first-order chi connectivity index (χ1) is 10.5. The molecule has 1 aromatic carbocycles. The molecule has 1 aliphatic heterocycles. The van der Waals surface area contributed by atoms with Crippen molar-refractivity contribution >= 4 is 11.6 Å². The van der Waals surface area contributed by atoms with Crippen molar-refractivity contribution in [3.05, 3.63) is 30.3 Å². The molecule has 2 rings (SSSR count). The predicted molar refractivity (Wildman–Crippen MR) is 89.2 cm³/mol. The summed E-state index contributed by atoms with van der Waals surface area (Å²) in [7, 11) is 1.93. The third-order valence-electron chi connectivity index (χ3n) is 4.16. The molecule has 0 aromatic heterocycles. The molecule has 5 heteroatoms. The van der Waals surface area contributed by atoms with E-state index in [1.165, 1.54) is 0 Å². The largest absolute Gasteiger partial charge is 0.379 e. The molecule has 122 valence electrons. The topological polar surface area (TPSA) is 44.8 Å². The molecular formula is C17H27N3O2. The Labute approximate surface area is 133 Å². The Bertz CT molecular complexity index is 470. The number of para-hydroxylation sites is 1. The van der Waals surface area contributed by atoms with Crippen LogP contribution >= 0.6 is 0 Å². The van der Waals surface area contributed by atoms with E-state index in [9.17, 15) is 4.79 Å². The summed E-state index contributed by atoms with van der Waals surface area (Å²) in [6, 6.07) is 9.94. The number of rotatable bonds is 6. The van der Waals surface area contributed by atoms with Crippen molar-refractivity contribution in [1.82, 2.24) is 10.2 Å². The first-order valence-electron chi connectivity index (χ1n) is 7.85. The van der Waals surface area contributed by atoms with Crippen LogP contribution in [0.25, 0.3) is 0 Å². The van der Waals surface area contributed by atoms with Crippen LogP contribution in [-0.2, 0) is 9.53 Å². The molecule has 0 radical (unpaired) electrons. The number of benzene rings is 1. The zero-order chi connectivity index (χ0) is 16.0. The Morgan fingerprint density at radius 3 is 2.55 bits per heavy atom. The monoisotopic (exact) mass is 305 g/mol. The van der Waals surface area contributed by atoms with Crippen LogP contribution in [0.3, 0.4) is 0 Å². The van der Waals surface area contributed by atoms with E-state index in [1.807, 2.05) is 42.3 Å². The van der Waals surface area contributed by atoms with Gasteiger partial charge >= 0.3 is 0 Å². The molecule has 1 amide bonds. The van der Waals surface area contributed by atoms with Crippen molar-refractivity contribution in [2.75, 3.05) is 51.3 Å². The lowest BCUT2D eigenvalue weighted by atomic mass is 10.0. The molecule has 1 N–H and O–H groups in total. The predicted octanol–water partition coefficient (Wildman–Crippen LogP) is 1.35. The Morgan fingerprint density at radius 2 is 1.91 bits per heavy atom. The van der Waals surface area contributed by atoms with Crippen molar-refractivity contribution in [2.24, 2.45) is 0 Å². The van der Waals surface area contributed by atoms with Gasteiger partial charge in [-0.05, 0) is 26.0 Å². The summed E-state index contributed by atoms with van der Waals surface area (Å²) >= 11 is 0. The van der Waals surface area contributed by atoms with E-state index in [-0.39, 0.29) is 11.4 Å². The number of nitrogens with zero attached hydrogens (tertiary/aromatic N) is 2. The van der Waals surface area contributed by atoms with Gasteiger partial charge in [-0.1, -0.05) is 18.2 Å². The summed E-state index contributed by atoms with van der Waals surface area (Å²) in [5.41, 5.74) is 0.996. The number of hydrogen-bond donors (Lipinski definition) is 1. The smallest absolute Gasteiger partial charge is 0.239 e. The molecule has 1 heterocycles.